The largest absolute Gasteiger partial charge is 0.495 e. The molecule has 1 aromatic heterocycles. The summed E-state index contributed by atoms with van der Waals surface area (Å²) in [6.45, 7) is 5.75. The summed E-state index contributed by atoms with van der Waals surface area (Å²) in [6.07, 6.45) is 0. The number of hydrogen-bond acceptors (Lipinski definition) is 3. The second-order valence-electron chi connectivity index (χ2n) is 6.59. The lowest BCUT2D eigenvalue weighted by Gasteiger charge is -2.11. The van der Waals surface area contributed by atoms with Crippen molar-refractivity contribution < 1.29 is 14.3 Å². The van der Waals surface area contributed by atoms with Crippen molar-refractivity contribution in [3.8, 4) is 11.4 Å². The van der Waals surface area contributed by atoms with Crippen molar-refractivity contribution in [1.82, 2.24) is 4.57 Å². The maximum atomic E-state index is 12.8. The topological polar surface area (TPSA) is 60.3 Å². The Morgan fingerprint density at radius 1 is 1.04 bits per heavy atom. The molecule has 28 heavy (non-hydrogen) atoms. The normalized spacial score (nSPS) is 10.6. The van der Waals surface area contributed by atoms with Crippen LogP contribution in [0.2, 0.25) is 5.02 Å². The molecule has 0 aliphatic carbocycles. The molecule has 6 heteroatoms. The first-order valence-corrected chi connectivity index (χ1v) is 9.15. The number of Topliss-reactive ketones (excluding diaryl/α,β-unsaturated/α-hetero) is 1. The summed E-state index contributed by atoms with van der Waals surface area (Å²) < 4.78 is 7.06. The van der Waals surface area contributed by atoms with Crippen molar-refractivity contribution in [2.24, 2.45) is 0 Å². The van der Waals surface area contributed by atoms with Crippen molar-refractivity contribution in [3.63, 3.8) is 0 Å². The number of hydrogen-bond donors (Lipinski definition) is 1. The fraction of sp³-hybridized carbons (Fsp3) is 0.182. The van der Waals surface area contributed by atoms with Gasteiger partial charge in [-0.1, -0.05) is 23.7 Å². The van der Waals surface area contributed by atoms with E-state index in [0.29, 0.717) is 22.0 Å². The Morgan fingerprint density at radius 3 is 2.43 bits per heavy atom. The number of methoxy groups -OCH3 is 1. The summed E-state index contributed by atoms with van der Waals surface area (Å²) >= 11 is 6.07. The zero-order valence-corrected chi connectivity index (χ0v) is 16.9. The van der Waals surface area contributed by atoms with Crippen LogP contribution in [0, 0.1) is 20.8 Å². The Balaban J connectivity index is 1.87. The van der Waals surface area contributed by atoms with Gasteiger partial charge in [0.2, 0.25) is 0 Å². The van der Waals surface area contributed by atoms with E-state index in [1.165, 1.54) is 7.11 Å². The van der Waals surface area contributed by atoms with E-state index < -0.39 is 11.7 Å². The predicted molar refractivity (Wildman–Crippen MR) is 111 cm³/mol. The highest BCUT2D eigenvalue weighted by Crippen LogP contribution is 2.27. The average Bonchev–Trinajstić information content (AvgIpc) is 2.95. The molecular formula is C22H21ClN2O3. The molecule has 5 nitrogen and oxygen atoms in total. The Bertz CT molecular complexity index is 1070. The maximum absolute atomic E-state index is 12.8. The van der Waals surface area contributed by atoms with E-state index in [0.717, 1.165) is 22.6 Å². The van der Waals surface area contributed by atoms with E-state index in [2.05, 4.69) is 5.32 Å². The van der Waals surface area contributed by atoms with Crippen LogP contribution in [-0.4, -0.2) is 23.4 Å². The monoisotopic (exact) mass is 396 g/mol. The van der Waals surface area contributed by atoms with Crippen LogP contribution in [0.5, 0.6) is 5.75 Å². The zero-order chi connectivity index (χ0) is 20.4. The second-order valence-corrected chi connectivity index (χ2v) is 7.00. The number of halogens is 1. The summed E-state index contributed by atoms with van der Waals surface area (Å²) in [6, 6.07) is 14.5. The van der Waals surface area contributed by atoms with E-state index in [9.17, 15) is 9.59 Å². The molecule has 0 unspecified atom stereocenters. The van der Waals surface area contributed by atoms with Crippen molar-refractivity contribution in [1.29, 1.82) is 0 Å². The van der Waals surface area contributed by atoms with Gasteiger partial charge >= 0.3 is 0 Å². The van der Waals surface area contributed by atoms with Gasteiger partial charge in [0, 0.05) is 28.3 Å². The number of amides is 1. The number of ketones is 1. The molecule has 0 saturated carbocycles. The molecule has 0 radical (unpaired) electrons. The molecule has 0 aliphatic rings. The van der Waals surface area contributed by atoms with Crippen LogP contribution in [0.4, 0.5) is 5.69 Å². The third kappa shape index (κ3) is 3.80. The lowest BCUT2D eigenvalue weighted by Crippen LogP contribution is -2.23. The van der Waals surface area contributed by atoms with Gasteiger partial charge in [-0.25, -0.2) is 0 Å². The van der Waals surface area contributed by atoms with Gasteiger partial charge < -0.3 is 14.6 Å². The fourth-order valence-corrected chi connectivity index (χ4v) is 3.47. The molecule has 0 atom stereocenters. The summed E-state index contributed by atoms with van der Waals surface area (Å²) in [5, 5.41) is 2.95. The van der Waals surface area contributed by atoms with Crippen molar-refractivity contribution in [2.75, 3.05) is 12.4 Å². The standard InChI is InChI=1S/C22H21ClN2O3/c1-13-6-5-7-17(10-13)25-14(2)11-18(15(25)3)21(26)22(27)24-16-8-9-20(28-4)19(23)12-16/h5-12H,1-4H3,(H,24,27). The number of aryl methyl sites for hydroxylation is 2. The Labute approximate surface area is 168 Å². The van der Waals surface area contributed by atoms with E-state index in [-0.39, 0.29) is 0 Å². The van der Waals surface area contributed by atoms with Gasteiger partial charge in [-0.15, -0.1) is 0 Å². The SMILES string of the molecule is COc1ccc(NC(=O)C(=O)c2cc(C)n(-c3cccc(C)c3)c2C)cc1Cl. The molecule has 1 heterocycles. The molecule has 144 valence electrons. The molecule has 0 spiro atoms. The van der Waals surface area contributed by atoms with Crippen molar-refractivity contribution >= 4 is 29.0 Å². The van der Waals surface area contributed by atoms with E-state index in [1.807, 2.05) is 49.6 Å². The molecule has 3 aromatic rings. The minimum atomic E-state index is -0.717. The number of rotatable bonds is 5. The van der Waals surface area contributed by atoms with E-state index in [4.69, 9.17) is 16.3 Å². The second kappa shape index (κ2) is 7.90. The van der Waals surface area contributed by atoms with Crippen LogP contribution in [0.1, 0.15) is 27.3 Å². The highest BCUT2D eigenvalue weighted by Gasteiger charge is 2.23. The molecule has 0 fully saturated rings. The maximum Gasteiger partial charge on any atom is 0.296 e. The van der Waals surface area contributed by atoms with Crippen molar-refractivity contribution in [2.45, 2.75) is 20.8 Å². The number of benzene rings is 2. The number of anilines is 1. The van der Waals surface area contributed by atoms with Crippen LogP contribution in [0.25, 0.3) is 5.69 Å². The molecule has 0 aliphatic heterocycles. The number of ether oxygens (including phenoxy) is 1. The summed E-state index contributed by atoms with van der Waals surface area (Å²) in [5.74, 6) is -0.822. The first-order valence-electron chi connectivity index (χ1n) is 8.77. The lowest BCUT2D eigenvalue weighted by atomic mass is 10.1. The average molecular weight is 397 g/mol. The predicted octanol–water partition coefficient (Wildman–Crippen LogP) is 4.89. The molecule has 3 rings (SSSR count). The first-order chi connectivity index (χ1) is 13.3. The highest BCUT2D eigenvalue weighted by molar-refractivity contribution is 6.47. The fourth-order valence-electron chi connectivity index (χ4n) is 3.21. The minimum absolute atomic E-state index is 0.352. The van der Waals surface area contributed by atoms with Crippen LogP contribution < -0.4 is 10.1 Å². The Morgan fingerprint density at radius 2 is 1.79 bits per heavy atom. The Hall–Kier alpha value is -3.05. The van der Waals surface area contributed by atoms with E-state index >= 15 is 0 Å². The molecule has 0 bridgehead atoms. The third-order valence-corrected chi connectivity index (χ3v) is 4.85. The number of carbonyl (C=O) groups excluding carboxylic acids is 2. The van der Waals surface area contributed by atoms with Gasteiger partial charge in [-0.3, -0.25) is 9.59 Å². The van der Waals surface area contributed by atoms with Gasteiger partial charge in [0.25, 0.3) is 11.7 Å². The Kier molecular flexibility index (Phi) is 5.56. The molecule has 1 N–H and O–H groups in total. The highest BCUT2D eigenvalue weighted by atomic mass is 35.5. The summed E-state index contributed by atoms with van der Waals surface area (Å²) in [7, 11) is 1.51. The van der Waals surface area contributed by atoms with Gasteiger partial charge in [0.1, 0.15) is 5.75 Å². The molecule has 0 saturated heterocycles. The quantitative estimate of drug-likeness (QED) is 0.493. The summed E-state index contributed by atoms with van der Waals surface area (Å²) in [5.41, 5.74) is 4.47. The number of aromatic nitrogens is 1. The molecular weight excluding hydrogens is 376 g/mol. The number of carbonyl (C=O) groups is 2. The molecule has 1 amide bonds. The minimum Gasteiger partial charge on any atom is -0.495 e. The first kappa shape index (κ1) is 19.7. The number of nitrogens with zero attached hydrogens (tertiary/aromatic N) is 1. The van der Waals surface area contributed by atoms with Gasteiger partial charge in [0.15, 0.2) is 0 Å². The van der Waals surface area contributed by atoms with E-state index in [1.54, 1.807) is 24.3 Å². The van der Waals surface area contributed by atoms with Crippen LogP contribution in [0.15, 0.2) is 48.5 Å². The van der Waals surface area contributed by atoms with Crippen LogP contribution >= 0.6 is 11.6 Å². The third-order valence-electron chi connectivity index (χ3n) is 4.55. The zero-order valence-electron chi connectivity index (χ0n) is 16.2. The van der Waals surface area contributed by atoms with Gasteiger partial charge in [0.05, 0.1) is 12.1 Å². The van der Waals surface area contributed by atoms with Crippen LogP contribution in [0.3, 0.4) is 0 Å². The van der Waals surface area contributed by atoms with Gasteiger partial charge in [-0.05, 0) is 62.7 Å². The summed E-state index contributed by atoms with van der Waals surface area (Å²) in [4.78, 5) is 25.3. The number of nitrogens with one attached hydrogen (secondary N) is 1. The van der Waals surface area contributed by atoms with Crippen LogP contribution in [-0.2, 0) is 4.79 Å². The smallest absolute Gasteiger partial charge is 0.296 e. The lowest BCUT2D eigenvalue weighted by molar-refractivity contribution is -0.112. The van der Waals surface area contributed by atoms with Crippen molar-refractivity contribution in [3.05, 3.63) is 76.1 Å². The molecule has 2 aromatic carbocycles. The van der Waals surface area contributed by atoms with Gasteiger partial charge in [-0.2, -0.15) is 0 Å².